The van der Waals surface area contributed by atoms with Crippen LogP contribution in [0.15, 0.2) is 22.1 Å². The van der Waals surface area contributed by atoms with Crippen LogP contribution in [0.2, 0.25) is 0 Å². The predicted octanol–water partition coefficient (Wildman–Crippen LogP) is 1.14. The SMILES string of the molecule is CN1C(=O)/C(=C/c2ccc(I)o2)C(=O)NC1=S. The highest BCUT2D eigenvalue weighted by Gasteiger charge is 2.30. The number of likely N-dealkylation sites (N-methyl/N-ethyl adjacent to an activating group) is 1. The van der Waals surface area contributed by atoms with Crippen molar-refractivity contribution >= 4 is 57.8 Å². The minimum atomic E-state index is -0.510. The van der Waals surface area contributed by atoms with Crippen molar-refractivity contribution in [2.45, 2.75) is 0 Å². The average Bonchev–Trinajstić information content (AvgIpc) is 2.67. The van der Waals surface area contributed by atoms with Gasteiger partial charge >= 0.3 is 0 Å². The van der Waals surface area contributed by atoms with Crippen molar-refractivity contribution in [3.63, 3.8) is 0 Å². The highest BCUT2D eigenvalue weighted by atomic mass is 127. The highest BCUT2D eigenvalue weighted by Crippen LogP contribution is 2.16. The molecule has 0 atom stereocenters. The summed E-state index contributed by atoms with van der Waals surface area (Å²) in [5, 5.41) is 2.53. The molecule has 0 saturated carbocycles. The summed E-state index contributed by atoms with van der Waals surface area (Å²) in [6.45, 7) is 0. The number of thiocarbonyl (C=S) groups is 1. The summed E-state index contributed by atoms with van der Waals surface area (Å²) in [7, 11) is 1.50. The van der Waals surface area contributed by atoms with Crippen LogP contribution >= 0.6 is 34.8 Å². The third-order valence-corrected chi connectivity index (χ3v) is 3.14. The van der Waals surface area contributed by atoms with Gasteiger partial charge in [-0.3, -0.25) is 19.8 Å². The molecule has 1 aliphatic rings. The van der Waals surface area contributed by atoms with E-state index in [1.54, 1.807) is 12.1 Å². The summed E-state index contributed by atoms with van der Waals surface area (Å²) in [6, 6.07) is 3.43. The lowest BCUT2D eigenvalue weighted by Gasteiger charge is -2.24. The van der Waals surface area contributed by atoms with Crippen LogP contribution in [0.3, 0.4) is 0 Å². The maximum absolute atomic E-state index is 11.8. The second-order valence-corrected chi connectivity index (χ2v) is 4.77. The van der Waals surface area contributed by atoms with Gasteiger partial charge in [0.05, 0.1) is 0 Å². The first kappa shape index (κ1) is 12.2. The van der Waals surface area contributed by atoms with Gasteiger partial charge < -0.3 is 4.42 Å². The second-order valence-electron chi connectivity index (χ2n) is 3.32. The Morgan fingerprint density at radius 2 is 2.18 bits per heavy atom. The second kappa shape index (κ2) is 4.57. The molecule has 5 nitrogen and oxygen atoms in total. The van der Waals surface area contributed by atoms with Crippen molar-refractivity contribution in [1.82, 2.24) is 10.2 Å². The summed E-state index contributed by atoms with van der Waals surface area (Å²) in [5.74, 6) is -0.496. The smallest absolute Gasteiger partial charge is 0.265 e. The Kier molecular flexibility index (Phi) is 3.29. The molecule has 17 heavy (non-hydrogen) atoms. The van der Waals surface area contributed by atoms with Crippen LogP contribution in [0.4, 0.5) is 0 Å². The van der Waals surface area contributed by atoms with Gasteiger partial charge in [-0.2, -0.15) is 0 Å². The molecule has 0 aromatic carbocycles. The minimum Gasteiger partial charge on any atom is -0.451 e. The average molecular weight is 362 g/mol. The van der Waals surface area contributed by atoms with Gasteiger partial charge in [-0.25, -0.2) is 0 Å². The van der Waals surface area contributed by atoms with Crippen LogP contribution in [0.1, 0.15) is 5.76 Å². The van der Waals surface area contributed by atoms with Gasteiger partial charge in [0.2, 0.25) is 0 Å². The first-order chi connectivity index (χ1) is 7.99. The van der Waals surface area contributed by atoms with E-state index in [2.05, 4.69) is 5.32 Å². The largest absolute Gasteiger partial charge is 0.451 e. The molecular formula is C10H7IN2O3S. The minimum absolute atomic E-state index is 0.00634. The lowest BCUT2D eigenvalue weighted by atomic mass is 10.1. The molecule has 2 rings (SSSR count). The number of nitrogens with zero attached hydrogens (tertiary/aromatic N) is 1. The van der Waals surface area contributed by atoms with E-state index in [9.17, 15) is 9.59 Å². The number of hydrogen-bond donors (Lipinski definition) is 1. The van der Waals surface area contributed by atoms with Gasteiger partial charge in [0.25, 0.3) is 11.8 Å². The standard InChI is InChI=1S/C10H7IN2O3S/c1-13-9(15)6(8(14)12-10(13)17)4-5-2-3-7(11)16-5/h2-4H,1H3,(H,12,14,17)/b6-4+. The predicted molar refractivity (Wildman–Crippen MR) is 72.9 cm³/mol. The van der Waals surface area contributed by atoms with Gasteiger partial charge in [0, 0.05) is 7.05 Å². The Hall–Kier alpha value is -1.22. The molecule has 0 spiro atoms. The van der Waals surface area contributed by atoms with E-state index >= 15 is 0 Å². The van der Waals surface area contributed by atoms with Crippen LogP contribution in [-0.2, 0) is 9.59 Å². The molecule has 1 fully saturated rings. The zero-order chi connectivity index (χ0) is 12.6. The molecule has 1 aromatic rings. The van der Waals surface area contributed by atoms with E-state index in [1.807, 2.05) is 22.6 Å². The van der Waals surface area contributed by atoms with Crippen molar-refractivity contribution in [2.24, 2.45) is 0 Å². The van der Waals surface area contributed by atoms with Crippen LogP contribution in [0.25, 0.3) is 6.08 Å². The molecule has 2 amide bonds. The molecule has 0 bridgehead atoms. The number of furan rings is 1. The number of hydrogen-bond acceptors (Lipinski definition) is 4. The quantitative estimate of drug-likeness (QED) is 0.352. The molecule has 1 N–H and O–H groups in total. The van der Waals surface area contributed by atoms with Crippen molar-refractivity contribution < 1.29 is 14.0 Å². The molecule has 0 unspecified atom stereocenters. The topological polar surface area (TPSA) is 62.6 Å². The van der Waals surface area contributed by atoms with Crippen LogP contribution in [0.5, 0.6) is 0 Å². The van der Waals surface area contributed by atoms with Gasteiger partial charge in [-0.05, 0) is 53.0 Å². The monoisotopic (exact) mass is 362 g/mol. The molecule has 7 heteroatoms. The Balaban J connectivity index is 2.37. The van der Waals surface area contributed by atoms with E-state index < -0.39 is 11.8 Å². The first-order valence-electron chi connectivity index (χ1n) is 4.59. The fourth-order valence-electron chi connectivity index (χ4n) is 1.29. The number of nitrogens with one attached hydrogen (secondary N) is 1. The summed E-state index contributed by atoms with van der Waals surface area (Å²) in [4.78, 5) is 24.6. The lowest BCUT2D eigenvalue weighted by Crippen LogP contribution is -2.52. The summed E-state index contributed by atoms with van der Waals surface area (Å²) < 4.78 is 5.95. The van der Waals surface area contributed by atoms with Crippen molar-refractivity contribution in [1.29, 1.82) is 0 Å². The molecule has 1 aliphatic heterocycles. The zero-order valence-electron chi connectivity index (χ0n) is 8.69. The normalized spacial score (nSPS) is 18.8. The van der Waals surface area contributed by atoms with Crippen LogP contribution in [-0.4, -0.2) is 28.9 Å². The number of rotatable bonds is 1. The van der Waals surface area contributed by atoms with Gasteiger partial charge in [-0.1, -0.05) is 0 Å². The van der Waals surface area contributed by atoms with Gasteiger partial charge in [0.1, 0.15) is 11.3 Å². The Labute approximate surface area is 116 Å². The van der Waals surface area contributed by atoms with Crippen molar-refractivity contribution in [3.05, 3.63) is 27.2 Å². The third-order valence-electron chi connectivity index (χ3n) is 2.19. The Bertz CT molecular complexity index is 550. The molecule has 2 heterocycles. The summed E-state index contributed by atoms with van der Waals surface area (Å²) >= 11 is 6.83. The number of carbonyl (C=O) groups is 2. The first-order valence-corrected chi connectivity index (χ1v) is 6.08. The van der Waals surface area contributed by atoms with Gasteiger partial charge in [-0.15, -0.1) is 0 Å². The maximum Gasteiger partial charge on any atom is 0.265 e. The number of carbonyl (C=O) groups excluding carboxylic acids is 2. The molecule has 1 aromatic heterocycles. The Morgan fingerprint density at radius 3 is 2.76 bits per heavy atom. The van der Waals surface area contributed by atoms with Crippen molar-refractivity contribution in [3.8, 4) is 0 Å². The fourth-order valence-corrected chi connectivity index (χ4v) is 1.90. The molecule has 88 valence electrons. The zero-order valence-corrected chi connectivity index (χ0v) is 11.7. The van der Waals surface area contributed by atoms with E-state index in [0.29, 0.717) is 9.53 Å². The van der Waals surface area contributed by atoms with E-state index in [4.69, 9.17) is 16.6 Å². The molecule has 1 saturated heterocycles. The maximum atomic E-state index is 11.8. The lowest BCUT2D eigenvalue weighted by molar-refractivity contribution is -0.128. The van der Waals surface area contributed by atoms with Crippen molar-refractivity contribution in [2.75, 3.05) is 7.05 Å². The number of amides is 2. The van der Waals surface area contributed by atoms with Gasteiger partial charge in [0.15, 0.2) is 8.88 Å². The summed E-state index contributed by atoms with van der Waals surface area (Å²) in [5.41, 5.74) is 0.00634. The third kappa shape index (κ3) is 2.39. The molecule has 0 radical (unpaired) electrons. The van der Waals surface area contributed by atoms with E-state index in [1.165, 1.54) is 18.0 Å². The molecular weight excluding hydrogens is 355 g/mol. The Morgan fingerprint density at radius 1 is 1.47 bits per heavy atom. The number of halogens is 1. The fraction of sp³-hybridized carbons (Fsp3) is 0.100. The van der Waals surface area contributed by atoms with Crippen LogP contribution < -0.4 is 5.32 Å². The van der Waals surface area contributed by atoms with E-state index in [-0.39, 0.29) is 10.7 Å². The summed E-state index contributed by atoms with van der Waals surface area (Å²) in [6.07, 6.45) is 1.40. The van der Waals surface area contributed by atoms with Crippen LogP contribution in [0, 0.1) is 3.77 Å². The van der Waals surface area contributed by atoms with E-state index in [0.717, 1.165) is 0 Å². The highest BCUT2D eigenvalue weighted by molar-refractivity contribution is 14.1. The molecule has 0 aliphatic carbocycles.